The van der Waals surface area contributed by atoms with Gasteiger partial charge in [-0.1, -0.05) is 84.9 Å². The number of non-ortho nitro benzene ring substituents is 1. The number of nitrogens with zero attached hydrogens (tertiary/aromatic N) is 1. The SMILES string of the molecule is O=C(Cc1ccc(-c2ccccc2)cc1)Nc1ccc([N+](=O)[O-])cc1C(=O)c1ccccc1. The highest BCUT2D eigenvalue weighted by Gasteiger charge is 2.19. The van der Waals surface area contributed by atoms with E-state index in [1.165, 1.54) is 18.2 Å². The summed E-state index contributed by atoms with van der Waals surface area (Å²) in [5.74, 6) is -0.722. The Morgan fingerprint density at radius 1 is 0.758 bits per heavy atom. The number of nitro benzene ring substituents is 1. The summed E-state index contributed by atoms with van der Waals surface area (Å²) in [6.45, 7) is 0. The second kappa shape index (κ2) is 9.70. The molecule has 0 radical (unpaired) electrons. The van der Waals surface area contributed by atoms with Gasteiger partial charge in [0.15, 0.2) is 5.78 Å². The van der Waals surface area contributed by atoms with Crippen LogP contribution in [0.2, 0.25) is 0 Å². The molecule has 0 spiro atoms. The molecule has 162 valence electrons. The van der Waals surface area contributed by atoms with Crippen molar-refractivity contribution in [2.75, 3.05) is 5.32 Å². The van der Waals surface area contributed by atoms with Gasteiger partial charge in [-0.2, -0.15) is 0 Å². The quantitative estimate of drug-likeness (QED) is 0.229. The number of hydrogen-bond donors (Lipinski definition) is 1. The summed E-state index contributed by atoms with van der Waals surface area (Å²) < 4.78 is 0. The van der Waals surface area contributed by atoms with Gasteiger partial charge in [-0.15, -0.1) is 0 Å². The molecule has 0 saturated heterocycles. The molecule has 0 aliphatic rings. The van der Waals surface area contributed by atoms with Gasteiger partial charge in [-0.05, 0) is 22.8 Å². The highest BCUT2D eigenvalue weighted by molar-refractivity contribution is 6.14. The summed E-state index contributed by atoms with van der Waals surface area (Å²) in [5, 5.41) is 14.0. The van der Waals surface area contributed by atoms with E-state index in [9.17, 15) is 19.7 Å². The van der Waals surface area contributed by atoms with Gasteiger partial charge in [-0.25, -0.2) is 0 Å². The highest BCUT2D eigenvalue weighted by atomic mass is 16.6. The summed E-state index contributed by atoms with van der Waals surface area (Å²) in [5.41, 5.74) is 3.41. The van der Waals surface area contributed by atoms with E-state index in [-0.39, 0.29) is 29.3 Å². The minimum absolute atomic E-state index is 0.0724. The van der Waals surface area contributed by atoms with Crippen molar-refractivity contribution in [1.82, 2.24) is 0 Å². The zero-order valence-corrected chi connectivity index (χ0v) is 17.6. The van der Waals surface area contributed by atoms with Crippen molar-refractivity contribution >= 4 is 23.1 Å². The largest absolute Gasteiger partial charge is 0.325 e. The number of carbonyl (C=O) groups is 2. The first-order valence-corrected chi connectivity index (χ1v) is 10.3. The van der Waals surface area contributed by atoms with Gasteiger partial charge in [-0.3, -0.25) is 19.7 Å². The van der Waals surface area contributed by atoms with Crippen LogP contribution in [0.1, 0.15) is 21.5 Å². The Balaban J connectivity index is 1.54. The molecule has 4 rings (SSSR count). The van der Waals surface area contributed by atoms with Crippen molar-refractivity contribution in [3.8, 4) is 11.1 Å². The molecule has 6 nitrogen and oxygen atoms in total. The average Bonchev–Trinajstić information content (AvgIpc) is 2.85. The van der Waals surface area contributed by atoms with Crippen LogP contribution in [0.4, 0.5) is 11.4 Å². The molecule has 1 amide bonds. The summed E-state index contributed by atoms with van der Waals surface area (Å²) >= 11 is 0. The van der Waals surface area contributed by atoms with E-state index in [4.69, 9.17) is 0 Å². The van der Waals surface area contributed by atoms with Crippen molar-refractivity contribution in [1.29, 1.82) is 0 Å². The molecule has 1 N–H and O–H groups in total. The fourth-order valence-corrected chi connectivity index (χ4v) is 3.51. The monoisotopic (exact) mass is 436 g/mol. The van der Waals surface area contributed by atoms with Gasteiger partial charge in [0.2, 0.25) is 5.91 Å². The van der Waals surface area contributed by atoms with Crippen LogP contribution in [0.25, 0.3) is 11.1 Å². The van der Waals surface area contributed by atoms with Crippen LogP contribution in [-0.2, 0) is 11.2 Å². The van der Waals surface area contributed by atoms with Gasteiger partial charge < -0.3 is 5.32 Å². The highest BCUT2D eigenvalue weighted by Crippen LogP contribution is 2.25. The smallest absolute Gasteiger partial charge is 0.270 e. The van der Waals surface area contributed by atoms with E-state index in [1.807, 2.05) is 54.6 Å². The fraction of sp³-hybridized carbons (Fsp3) is 0.0370. The Hall–Kier alpha value is -4.58. The summed E-state index contributed by atoms with van der Waals surface area (Å²) in [6.07, 6.45) is 0.102. The molecule has 0 bridgehead atoms. The third kappa shape index (κ3) is 5.19. The third-order valence-electron chi connectivity index (χ3n) is 5.19. The first-order chi connectivity index (χ1) is 16.0. The lowest BCUT2D eigenvalue weighted by Gasteiger charge is -2.11. The van der Waals surface area contributed by atoms with Crippen LogP contribution < -0.4 is 5.32 Å². The summed E-state index contributed by atoms with van der Waals surface area (Å²) in [4.78, 5) is 36.3. The van der Waals surface area contributed by atoms with E-state index >= 15 is 0 Å². The molecule has 33 heavy (non-hydrogen) atoms. The summed E-state index contributed by atoms with van der Waals surface area (Å²) in [7, 11) is 0. The average molecular weight is 436 g/mol. The number of carbonyl (C=O) groups excluding carboxylic acids is 2. The van der Waals surface area contributed by atoms with Crippen molar-refractivity contribution in [2.24, 2.45) is 0 Å². The van der Waals surface area contributed by atoms with E-state index in [2.05, 4.69) is 5.32 Å². The first-order valence-electron chi connectivity index (χ1n) is 10.3. The summed E-state index contributed by atoms with van der Waals surface area (Å²) in [6, 6.07) is 29.9. The number of hydrogen-bond acceptors (Lipinski definition) is 4. The Morgan fingerprint density at radius 2 is 1.36 bits per heavy atom. The van der Waals surface area contributed by atoms with Crippen LogP contribution in [0.15, 0.2) is 103 Å². The van der Waals surface area contributed by atoms with Crippen LogP contribution in [-0.4, -0.2) is 16.6 Å². The van der Waals surface area contributed by atoms with Crippen LogP contribution in [0.5, 0.6) is 0 Å². The molecule has 0 aliphatic carbocycles. The normalized spacial score (nSPS) is 10.4. The van der Waals surface area contributed by atoms with Gasteiger partial charge in [0.25, 0.3) is 5.69 Å². The lowest BCUT2D eigenvalue weighted by atomic mass is 10.0. The molecule has 0 saturated carbocycles. The molecule has 4 aromatic rings. The number of nitrogens with one attached hydrogen (secondary N) is 1. The topological polar surface area (TPSA) is 89.3 Å². The van der Waals surface area contributed by atoms with Gasteiger partial charge in [0.05, 0.1) is 22.6 Å². The van der Waals surface area contributed by atoms with Gasteiger partial charge in [0.1, 0.15) is 0 Å². The van der Waals surface area contributed by atoms with E-state index in [1.54, 1.807) is 30.3 Å². The molecule has 4 aromatic carbocycles. The first kappa shape index (κ1) is 21.6. The molecule has 0 aliphatic heterocycles. The second-order valence-corrected chi connectivity index (χ2v) is 7.47. The zero-order valence-electron chi connectivity index (χ0n) is 17.6. The number of benzene rings is 4. The predicted octanol–water partition coefficient (Wildman–Crippen LogP) is 5.67. The number of nitro groups is 1. The Morgan fingerprint density at radius 3 is 2.00 bits per heavy atom. The predicted molar refractivity (Wildman–Crippen MR) is 127 cm³/mol. The maximum Gasteiger partial charge on any atom is 0.270 e. The van der Waals surface area contributed by atoms with E-state index in [0.29, 0.717) is 5.56 Å². The maximum atomic E-state index is 13.0. The lowest BCUT2D eigenvalue weighted by molar-refractivity contribution is -0.384. The third-order valence-corrected chi connectivity index (χ3v) is 5.19. The molecule has 0 heterocycles. The lowest BCUT2D eigenvalue weighted by Crippen LogP contribution is -2.17. The second-order valence-electron chi connectivity index (χ2n) is 7.47. The van der Waals surface area contributed by atoms with Crippen LogP contribution in [0.3, 0.4) is 0 Å². The minimum atomic E-state index is -0.568. The van der Waals surface area contributed by atoms with Crippen LogP contribution in [0, 0.1) is 10.1 Å². The van der Waals surface area contributed by atoms with Crippen molar-refractivity contribution < 1.29 is 14.5 Å². The molecular weight excluding hydrogens is 416 g/mol. The minimum Gasteiger partial charge on any atom is -0.325 e. The van der Waals surface area contributed by atoms with Gasteiger partial charge in [0, 0.05) is 17.7 Å². The number of amides is 1. The Bertz CT molecular complexity index is 1300. The Labute approximate surface area is 190 Å². The molecular formula is C27H20N2O4. The van der Waals surface area contributed by atoms with Crippen molar-refractivity contribution in [3.05, 3.63) is 130 Å². The van der Waals surface area contributed by atoms with Gasteiger partial charge >= 0.3 is 0 Å². The zero-order chi connectivity index (χ0) is 23.2. The molecule has 6 heteroatoms. The fourth-order valence-electron chi connectivity index (χ4n) is 3.51. The maximum absolute atomic E-state index is 13.0. The molecule has 0 fully saturated rings. The van der Waals surface area contributed by atoms with Crippen molar-refractivity contribution in [2.45, 2.75) is 6.42 Å². The molecule has 0 aromatic heterocycles. The van der Waals surface area contributed by atoms with E-state index < -0.39 is 10.7 Å². The molecule has 0 atom stereocenters. The van der Waals surface area contributed by atoms with E-state index in [0.717, 1.165) is 16.7 Å². The number of anilines is 1. The Kier molecular flexibility index (Phi) is 6.36. The number of ketones is 1. The molecule has 0 unspecified atom stereocenters. The standard InChI is InChI=1S/C27H20N2O4/c30-26(17-19-11-13-21(14-12-19)20-7-3-1-4-8-20)28-25-16-15-23(29(32)33)18-24(25)27(31)22-9-5-2-6-10-22/h1-16,18H,17H2,(H,28,30). The van der Waals surface area contributed by atoms with Crippen LogP contribution >= 0.6 is 0 Å². The number of rotatable bonds is 7. The van der Waals surface area contributed by atoms with Crippen molar-refractivity contribution in [3.63, 3.8) is 0 Å².